The van der Waals surface area contributed by atoms with Crippen molar-refractivity contribution in [2.75, 3.05) is 7.11 Å². The molecule has 1 aromatic heterocycles. The van der Waals surface area contributed by atoms with Crippen LogP contribution >= 0.6 is 11.6 Å². The first kappa shape index (κ1) is 9.88. The van der Waals surface area contributed by atoms with Crippen LogP contribution in [0, 0.1) is 0 Å². The highest BCUT2D eigenvalue weighted by Gasteiger charge is 2.20. The Hall–Kier alpha value is -1.20. The van der Waals surface area contributed by atoms with Gasteiger partial charge in [-0.1, -0.05) is 11.6 Å². The summed E-state index contributed by atoms with van der Waals surface area (Å²) in [7, 11) is 1.28. The predicted molar refractivity (Wildman–Crippen MR) is 44.4 cm³/mol. The number of carboxylic acid groups (broad SMARTS) is 1. The molecule has 6 heteroatoms. The molecule has 0 aromatic carbocycles. The summed E-state index contributed by atoms with van der Waals surface area (Å²) in [5.41, 5.74) is 0.183. The molecule has 0 saturated heterocycles. The second kappa shape index (κ2) is 4.15. The molecule has 0 fully saturated rings. The molecule has 0 radical (unpaired) electrons. The Labute approximate surface area is 79.3 Å². The van der Waals surface area contributed by atoms with Gasteiger partial charge in [-0.25, -0.2) is 9.78 Å². The second-order valence-electron chi connectivity index (χ2n) is 2.22. The fourth-order valence-corrected chi connectivity index (χ4v) is 0.985. The summed E-state index contributed by atoms with van der Waals surface area (Å²) in [5.74, 6) is -1.13. The summed E-state index contributed by atoms with van der Waals surface area (Å²) in [6, 6.07) is 0. The summed E-state index contributed by atoms with van der Waals surface area (Å²) < 4.78 is 4.69. The lowest BCUT2D eigenvalue weighted by molar-refractivity contribution is -0.149. The van der Waals surface area contributed by atoms with Crippen LogP contribution in [-0.2, 0) is 9.53 Å². The number of carbonyl (C=O) groups is 1. The van der Waals surface area contributed by atoms with E-state index in [4.69, 9.17) is 21.4 Å². The van der Waals surface area contributed by atoms with E-state index >= 15 is 0 Å². The summed E-state index contributed by atoms with van der Waals surface area (Å²) >= 11 is 5.53. The minimum atomic E-state index is -1.13. The Morgan fingerprint density at radius 3 is 2.85 bits per heavy atom. The number of aromatic nitrogens is 2. The van der Waals surface area contributed by atoms with Crippen LogP contribution < -0.4 is 0 Å². The first-order valence-electron chi connectivity index (χ1n) is 3.38. The van der Waals surface area contributed by atoms with Gasteiger partial charge >= 0.3 is 5.97 Å². The topological polar surface area (TPSA) is 72.3 Å². The molecule has 70 valence electrons. The van der Waals surface area contributed by atoms with Gasteiger partial charge in [-0.15, -0.1) is 0 Å². The lowest BCUT2D eigenvalue weighted by Crippen LogP contribution is -2.15. The average molecular weight is 203 g/mol. The van der Waals surface area contributed by atoms with Crippen molar-refractivity contribution in [1.29, 1.82) is 0 Å². The summed E-state index contributed by atoms with van der Waals surface area (Å²) in [4.78, 5) is 18.1. The normalized spacial score (nSPS) is 12.5. The third-order valence-corrected chi connectivity index (χ3v) is 1.53. The molecule has 1 aromatic rings. The lowest BCUT2D eigenvalue weighted by Gasteiger charge is -2.08. The highest BCUT2D eigenvalue weighted by atomic mass is 35.5. The molecule has 0 saturated carbocycles. The predicted octanol–water partition coefficient (Wildman–Crippen LogP) is 0.902. The first-order chi connectivity index (χ1) is 6.15. The molecule has 5 nitrogen and oxygen atoms in total. The maximum absolute atomic E-state index is 10.6. The third kappa shape index (κ3) is 2.37. The van der Waals surface area contributed by atoms with Crippen LogP contribution in [0.25, 0.3) is 0 Å². The quantitative estimate of drug-likeness (QED) is 0.789. The second-order valence-corrected chi connectivity index (χ2v) is 2.61. The minimum absolute atomic E-state index is 0.140. The van der Waals surface area contributed by atoms with E-state index in [1.165, 1.54) is 19.5 Å². The SMILES string of the molecule is COC(C(=O)O)c1cncc(Cl)n1. The van der Waals surface area contributed by atoms with Crippen molar-refractivity contribution in [3.63, 3.8) is 0 Å². The molecular weight excluding hydrogens is 196 g/mol. The van der Waals surface area contributed by atoms with Gasteiger partial charge in [0, 0.05) is 7.11 Å². The number of hydrogen-bond acceptors (Lipinski definition) is 4. The highest BCUT2D eigenvalue weighted by Crippen LogP contribution is 2.14. The van der Waals surface area contributed by atoms with Crippen LogP contribution in [0.3, 0.4) is 0 Å². The number of carboxylic acids is 1. The summed E-state index contributed by atoms with van der Waals surface area (Å²) in [5, 5.41) is 8.82. The van der Waals surface area contributed by atoms with E-state index in [-0.39, 0.29) is 10.8 Å². The molecular formula is C7H7ClN2O3. The van der Waals surface area contributed by atoms with E-state index in [1.54, 1.807) is 0 Å². The average Bonchev–Trinajstić information content (AvgIpc) is 2.04. The van der Waals surface area contributed by atoms with Crippen molar-refractivity contribution < 1.29 is 14.6 Å². The zero-order valence-corrected chi connectivity index (χ0v) is 7.52. The van der Waals surface area contributed by atoms with E-state index in [1.807, 2.05) is 0 Å². The molecule has 1 N–H and O–H groups in total. The highest BCUT2D eigenvalue weighted by molar-refractivity contribution is 6.29. The van der Waals surface area contributed by atoms with Crippen LogP contribution in [0.4, 0.5) is 0 Å². The van der Waals surface area contributed by atoms with Gasteiger partial charge in [-0.05, 0) is 0 Å². The van der Waals surface area contributed by atoms with Gasteiger partial charge in [0.05, 0.1) is 12.4 Å². The Kier molecular flexibility index (Phi) is 3.16. The number of hydrogen-bond donors (Lipinski definition) is 1. The number of rotatable bonds is 3. The van der Waals surface area contributed by atoms with Crippen molar-refractivity contribution in [3.05, 3.63) is 23.2 Å². The van der Waals surface area contributed by atoms with Gasteiger partial charge in [-0.2, -0.15) is 0 Å². The maximum atomic E-state index is 10.6. The summed E-state index contributed by atoms with van der Waals surface area (Å²) in [6.45, 7) is 0. The van der Waals surface area contributed by atoms with Crippen molar-refractivity contribution in [1.82, 2.24) is 9.97 Å². The van der Waals surface area contributed by atoms with E-state index in [0.29, 0.717) is 0 Å². The zero-order valence-electron chi connectivity index (χ0n) is 6.77. The van der Waals surface area contributed by atoms with Crippen molar-refractivity contribution in [2.24, 2.45) is 0 Å². The van der Waals surface area contributed by atoms with Gasteiger partial charge in [0.25, 0.3) is 0 Å². The molecule has 0 bridgehead atoms. The zero-order chi connectivity index (χ0) is 9.84. The van der Waals surface area contributed by atoms with Gasteiger partial charge in [0.15, 0.2) is 6.10 Å². The van der Waals surface area contributed by atoms with Crippen LogP contribution in [0.1, 0.15) is 11.8 Å². The largest absolute Gasteiger partial charge is 0.479 e. The minimum Gasteiger partial charge on any atom is -0.479 e. The molecule has 0 amide bonds. The fraction of sp³-hybridized carbons (Fsp3) is 0.286. The number of ether oxygens (including phenoxy) is 1. The number of nitrogens with zero attached hydrogens (tertiary/aromatic N) is 2. The van der Waals surface area contributed by atoms with Crippen LogP contribution in [0.2, 0.25) is 5.15 Å². The number of aliphatic carboxylic acids is 1. The fourth-order valence-electron chi connectivity index (χ4n) is 0.831. The van der Waals surface area contributed by atoms with Crippen LogP contribution in [-0.4, -0.2) is 28.2 Å². The van der Waals surface area contributed by atoms with Crippen LogP contribution in [0.15, 0.2) is 12.4 Å². The van der Waals surface area contributed by atoms with Crippen molar-refractivity contribution in [2.45, 2.75) is 6.10 Å². The lowest BCUT2D eigenvalue weighted by atomic mass is 10.3. The molecule has 0 aliphatic rings. The van der Waals surface area contributed by atoms with E-state index in [9.17, 15) is 4.79 Å². The third-order valence-electron chi connectivity index (χ3n) is 1.35. The Balaban J connectivity index is 2.98. The van der Waals surface area contributed by atoms with E-state index in [0.717, 1.165) is 0 Å². The monoisotopic (exact) mass is 202 g/mol. The standard InChI is InChI=1S/C7H7ClN2O3/c1-13-6(7(11)12)4-2-9-3-5(8)10-4/h2-3,6H,1H3,(H,11,12). The smallest absolute Gasteiger partial charge is 0.339 e. The Bertz CT molecular complexity index is 318. The molecule has 1 heterocycles. The number of methoxy groups -OCH3 is 1. The van der Waals surface area contributed by atoms with Crippen molar-refractivity contribution >= 4 is 17.6 Å². The first-order valence-corrected chi connectivity index (χ1v) is 3.76. The Morgan fingerprint density at radius 1 is 1.69 bits per heavy atom. The molecule has 0 aliphatic carbocycles. The molecule has 1 unspecified atom stereocenters. The van der Waals surface area contributed by atoms with E-state index in [2.05, 4.69) is 9.97 Å². The molecule has 1 atom stereocenters. The Morgan fingerprint density at radius 2 is 2.38 bits per heavy atom. The van der Waals surface area contributed by atoms with Gasteiger partial charge in [-0.3, -0.25) is 4.98 Å². The van der Waals surface area contributed by atoms with Gasteiger partial charge in [0.2, 0.25) is 0 Å². The molecule has 13 heavy (non-hydrogen) atoms. The molecule has 0 spiro atoms. The number of halogens is 1. The van der Waals surface area contributed by atoms with E-state index < -0.39 is 12.1 Å². The molecule has 1 rings (SSSR count). The van der Waals surface area contributed by atoms with Gasteiger partial charge in [0.1, 0.15) is 10.8 Å². The summed E-state index contributed by atoms with van der Waals surface area (Å²) in [6.07, 6.45) is 1.50. The molecule has 0 aliphatic heterocycles. The van der Waals surface area contributed by atoms with Crippen LogP contribution in [0.5, 0.6) is 0 Å². The van der Waals surface area contributed by atoms with Gasteiger partial charge < -0.3 is 9.84 Å². The maximum Gasteiger partial charge on any atom is 0.339 e. The van der Waals surface area contributed by atoms with Crippen molar-refractivity contribution in [3.8, 4) is 0 Å².